The van der Waals surface area contributed by atoms with Gasteiger partial charge in [-0.2, -0.15) is 5.10 Å². The number of benzene rings is 2. The maximum absolute atomic E-state index is 14.5. The first-order chi connectivity index (χ1) is 18.8. The highest BCUT2D eigenvalue weighted by Gasteiger charge is 2.26. The summed E-state index contributed by atoms with van der Waals surface area (Å²) >= 11 is 0. The highest BCUT2D eigenvalue weighted by Crippen LogP contribution is 2.33. The minimum absolute atomic E-state index is 0.0455. The minimum Gasteiger partial charge on any atom is -0.439 e. The van der Waals surface area contributed by atoms with Gasteiger partial charge in [-0.25, -0.2) is 31.3 Å². The van der Waals surface area contributed by atoms with Crippen LogP contribution in [0.1, 0.15) is 38.3 Å². The van der Waals surface area contributed by atoms with Gasteiger partial charge in [0.25, 0.3) is 0 Å². The Morgan fingerprint density at radius 1 is 1.07 bits per heavy atom. The Balaban J connectivity index is 1.41. The second kappa shape index (κ2) is 9.94. The third kappa shape index (κ3) is 5.34. The standard InChI is InChI=1S/C28H23F3N4O4S/c1-14-4-25(39-22-10-20(29)9-21(30)11-22)34-15(2)26(14)35-28(32)23(12-33-35)27(36)18-5-16-7-19(13-40(3,37)38)24(31)8-17(16)6-18/h4,6-12H,5,13,32H2,1-3H3. The summed E-state index contributed by atoms with van der Waals surface area (Å²) in [7, 11) is -3.44. The zero-order valence-corrected chi connectivity index (χ0v) is 22.4. The number of ether oxygens (including phenoxy) is 1. The lowest BCUT2D eigenvalue weighted by atomic mass is 10.0. The number of nitrogens with zero attached hydrogens (tertiary/aromatic N) is 3. The summed E-state index contributed by atoms with van der Waals surface area (Å²) in [6.07, 6.45) is 4.09. The van der Waals surface area contributed by atoms with Crippen molar-refractivity contribution < 1.29 is 31.1 Å². The van der Waals surface area contributed by atoms with Gasteiger partial charge in [0.15, 0.2) is 15.6 Å². The molecule has 1 aliphatic carbocycles. The molecule has 206 valence electrons. The van der Waals surface area contributed by atoms with E-state index in [4.69, 9.17) is 10.5 Å². The number of allylic oxidation sites excluding steroid dienone is 1. The van der Waals surface area contributed by atoms with E-state index in [0.29, 0.717) is 33.6 Å². The number of fused-ring (bicyclic) bond motifs is 1. The summed E-state index contributed by atoms with van der Waals surface area (Å²) in [5, 5.41) is 4.29. The number of ketones is 1. The molecule has 0 unspecified atom stereocenters. The van der Waals surface area contributed by atoms with E-state index in [1.54, 1.807) is 26.0 Å². The van der Waals surface area contributed by atoms with Crippen molar-refractivity contribution in [2.24, 2.45) is 0 Å². The lowest BCUT2D eigenvalue weighted by Gasteiger charge is -2.14. The molecular formula is C28H23F3N4O4S. The van der Waals surface area contributed by atoms with Crippen molar-refractivity contribution in [1.29, 1.82) is 0 Å². The number of aromatic nitrogens is 3. The number of carbonyl (C=O) groups is 1. The van der Waals surface area contributed by atoms with Crippen molar-refractivity contribution in [2.75, 3.05) is 12.0 Å². The van der Waals surface area contributed by atoms with Crippen LogP contribution in [0.5, 0.6) is 11.6 Å². The smallest absolute Gasteiger partial charge is 0.219 e. The van der Waals surface area contributed by atoms with E-state index in [-0.39, 0.29) is 35.0 Å². The summed E-state index contributed by atoms with van der Waals surface area (Å²) in [6, 6.07) is 7.03. The van der Waals surface area contributed by atoms with Gasteiger partial charge in [-0.3, -0.25) is 4.79 Å². The fourth-order valence-corrected chi connectivity index (χ4v) is 5.50. The maximum Gasteiger partial charge on any atom is 0.219 e. The van der Waals surface area contributed by atoms with E-state index in [1.165, 1.54) is 23.0 Å². The molecule has 4 aromatic rings. The van der Waals surface area contributed by atoms with Crippen molar-refractivity contribution in [3.8, 4) is 17.3 Å². The molecule has 0 amide bonds. The zero-order valence-electron chi connectivity index (χ0n) is 21.6. The largest absolute Gasteiger partial charge is 0.439 e. The number of hydrogen-bond donors (Lipinski definition) is 1. The van der Waals surface area contributed by atoms with Gasteiger partial charge in [-0.05, 0) is 42.7 Å². The Kier molecular flexibility index (Phi) is 6.74. The fraction of sp³-hybridized carbons (Fsp3) is 0.179. The van der Waals surface area contributed by atoms with Gasteiger partial charge in [0.05, 0.1) is 28.9 Å². The number of hydrogen-bond acceptors (Lipinski definition) is 7. The SMILES string of the molecule is Cc1cc(Oc2cc(F)cc(F)c2)nc(C)c1-n1ncc(C(=O)C2=Cc3cc(F)c(CS(C)(=O)=O)cc3C2)c1N. The van der Waals surface area contributed by atoms with Crippen LogP contribution in [0.25, 0.3) is 11.8 Å². The van der Waals surface area contributed by atoms with E-state index in [2.05, 4.69) is 10.1 Å². The topological polar surface area (TPSA) is 117 Å². The predicted molar refractivity (Wildman–Crippen MR) is 143 cm³/mol. The molecule has 8 nitrogen and oxygen atoms in total. The van der Waals surface area contributed by atoms with Gasteiger partial charge < -0.3 is 10.5 Å². The molecule has 0 saturated carbocycles. The van der Waals surface area contributed by atoms with Crippen LogP contribution in [0.3, 0.4) is 0 Å². The highest BCUT2D eigenvalue weighted by molar-refractivity contribution is 7.89. The van der Waals surface area contributed by atoms with Crippen LogP contribution in [0, 0.1) is 31.3 Å². The monoisotopic (exact) mass is 568 g/mol. The molecule has 0 spiro atoms. The fourth-order valence-electron chi connectivity index (χ4n) is 4.71. The number of carbonyl (C=O) groups excluding carboxylic acids is 1. The molecule has 40 heavy (non-hydrogen) atoms. The number of nitrogens with two attached hydrogens (primary N) is 1. The van der Waals surface area contributed by atoms with Gasteiger partial charge >= 0.3 is 0 Å². The lowest BCUT2D eigenvalue weighted by molar-refractivity contribution is 0.103. The van der Waals surface area contributed by atoms with Crippen molar-refractivity contribution in [1.82, 2.24) is 14.8 Å². The van der Waals surface area contributed by atoms with Gasteiger partial charge in [-0.15, -0.1) is 0 Å². The van der Waals surface area contributed by atoms with Crippen molar-refractivity contribution in [2.45, 2.75) is 26.0 Å². The number of pyridine rings is 1. The van der Waals surface area contributed by atoms with E-state index >= 15 is 0 Å². The predicted octanol–water partition coefficient (Wildman–Crippen LogP) is 5.04. The number of Topliss-reactive ketones (excluding diaryl/α,β-unsaturated/α-hetero) is 1. The second-order valence-electron chi connectivity index (χ2n) is 9.66. The van der Waals surface area contributed by atoms with Crippen LogP contribution in [0.4, 0.5) is 19.0 Å². The summed E-state index contributed by atoms with van der Waals surface area (Å²) in [5.74, 6) is -2.98. The van der Waals surface area contributed by atoms with Gasteiger partial charge in [-0.1, -0.05) is 6.07 Å². The van der Waals surface area contributed by atoms with E-state index < -0.39 is 38.8 Å². The van der Waals surface area contributed by atoms with E-state index in [1.807, 2.05) is 0 Å². The van der Waals surface area contributed by atoms with Gasteiger partial charge in [0.2, 0.25) is 5.88 Å². The second-order valence-corrected chi connectivity index (χ2v) is 11.8. The third-order valence-electron chi connectivity index (χ3n) is 6.38. The minimum atomic E-state index is -3.44. The average Bonchev–Trinajstić information content (AvgIpc) is 3.40. The first kappa shape index (κ1) is 27.1. The summed E-state index contributed by atoms with van der Waals surface area (Å²) < 4.78 is 71.7. The summed E-state index contributed by atoms with van der Waals surface area (Å²) in [5.41, 5.74) is 9.55. The number of halogens is 3. The average molecular weight is 569 g/mol. The van der Waals surface area contributed by atoms with Crippen LogP contribution in [0.2, 0.25) is 0 Å². The summed E-state index contributed by atoms with van der Waals surface area (Å²) in [6.45, 7) is 3.41. The molecule has 2 heterocycles. The number of sulfone groups is 1. The molecule has 1 aliphatic rings. The normalized spacial score (nSPS) is 12.8. The zero-order chi connectivity index (χ0) is 28.9. The maximum atomic E-state index is 14.5. The van der Waals surface area contributed by atoms with Crippen molar-refractivity contribution in [3.63, 3.8) is 0 Å². The molecule has 0 saturated heterocycles. The molecule has 0 radical (unpaired) electrons. The molecule has 2 N–H and O–H groups in total. The summed E-state index contributed by atoms with van der Waals surface area (Å²) in [4.78, 5) is 17.7. The van der Waals surface area contributed by atoms with E-state index in [0.717, 1.165) is 24.5 Å². The molecular weight excluding hydrogens is 545 g/mol. The molecule has 0 aliphatic heterocycles. The Hall–Kier alpha value is -4.45. The number of nitrogen functional groups attached to an aromatic ring is 1. The van der Waals surface area contributed by atoms with Crippen LogP contribution in [0.15, 0.2) is 48.2 Å². The molecule has 0 fully saturated rings. The quantitative estimate of drug-likeness (QED) is 0.310. The molecule has 0 bridgehead atoms. The molecule has 12 heteroatoms. The van der Waals surface area contributed by atoms with Gasteiger partial charge in [0.1, 0.15) is 29.0 Å². The van der Waals surface area contributed by atoms with Crippen LogP contribution >= 0.6 is 0 Å². The highest BCUT2D eigenvalue weighted by atomic mass is 32.2. The number of rotatable bonds is 7. The Morgan fingerprint density at radius 3 is 2.42 bits per heavy atom. The van der Waals surface area contributed by atoms with Crippen LogP contribution in [-0.4, -0.2) is 35.2 Å². The molecule has 5 rings (SSSR count). The molecule has 2 aromatic carbocycles. The number of anilines is 1. The first-order valence-corrected chi connectivity index (χ1v) is 14.1. The van der Waals surface area contributed by atoms with Crippen LogP contribution in [-0.2, 0) is 22.0 Å². The Morgan fingerprint density at radius 2 is 1.77 bits per heavy atom. The molecule has 2 aromatic heterocycles. The van der Waals surface area contributed by atoms with E-state index in [9.17, 15) is 26.4 Å². The first-order valence-electron chi connectivity index (χ1n) is 12.0. The lowest BCUT2D eigenvalue weighted by Crippen LogP contribution is -2.11. The van der Waals surface area contributed by atoms with Gasteiger partial charge in [0, 0.05) is 48.1 Å². The van der Waals surface area contributed by atoms with Crippen molar-refractivity contribution >= 4 is 27.5 Å². The Bertz CT molecular complexity index is 1810. The Labute approximate surface area is 227 Å². The van der Waals surface area contributed by atoms with Crippen molar-refractivity contribution in [3.05, 3.63) is 99.1 Å². The number of aryl methyl sites for hydroxylation is 2. The molecule has 0 atom stereocenters. The van der Waals surface area contributed by atoms with Crippen LogP contribution < -0.4 is 10.5 Å². The third-order valence-corrected chi connectivity index (χ3v) is 7.22.